The molecule has 3 aromatic rings. The van der Waals surface area contributed by atoms with Crippen LogP contribution in [0.5, 0.6) is 0 Å². The molecule has 1 amide bonds. The minimum atomic E-state index is -0.519. The molecule has 0 radical (unpaired) electrons. The lowest BCUT2D eigenvalue weighted by Gasteiger charge is -2.08. The van der Waals surface area contributed by atoms with Gasteiger partial charge in [0.15, 0.2) is 0 Å². The molecule has 0 atom stereocenters. The van der Waals surface area contributed by atoms with E-state index in [2.05, 4.69) is 34.9 Å². The Morgan fingerprint density at radius 1 is 0.958 bits per heavy atom. The first-order valence-corrected chi connectivity index (χ1v) is 8.45. The van der Waals surface area contributed by atoms with Crippen LogP contribution in [0, 0.1) is 0 Å². The van der Waals surface area contributed by atoms with Crippen LogP contribution in [0.4, 0.5) is 11.4 Å². The summed E-state index contributed by atoms with van der Waals surface area (Å²) in [5.41, 5.74) is 2.80. The van der Waals surface area contributed by atoms with Crippen LogP contribution in [0.3, 0.4) is 0 Å². The molecular weight excluding hydrogens is 320 g/mol. The van der Waals surface area contributed by atoms with E-state index >= 15 is 0 Å². The maximum Gasteiger partial charge on any atom is 0.250 e. The third kappa shape index (κ3) is 4.22. The molecule has 1 heterocycles. The van der Waals surface area contributed by atoms with E-state index in [-0.39, 0.29) is 0 Å². The summed E-state index contributed by atoms with van der Waals surface area (Å²) < 4.78 is 0. The zero-order chi connectivity index (χ0) is 16.8. The van der Waals surface area contributed by atoms with Gasteiger partial charge in [-0.05, 0) is 35.9 Å². The predicted molar refractivity (Wildman–Crippen MR) is 99.2 cm³/mol. The third-order valence-electron chi connectivity index (χ3n) is 3.48. The Labute approximate surface area is 144 Å². The second-order valence-corrected chi connectivity index (χ2v) is 6.44. The van der Waals surface area contributed by atoms with E-state index in [1.807, 2.05) is 36.4 Å². The van der Waals surface area contributed by atoms with E-state index in [9.17, 15) is 4.79 Å². The highest BCUT2D eigenvalue weighted by atomic mass is 32.1. The fraction of sp³-hybridized carbons (Fsp3) is 0.105. The summed E-state index contributed by atoms with van der Waals surface area (Å²) >= 11 is 1.76. The Kier molecular flexibility index (Phi) is 5.25. The average Bonchev–Trinajstić information content (AvgIpc) is 3.10. The third-order valence-corrected chi connectivity index (χ3v) is 4.61. The second-order valence-electron chi connectivity index (χ2n) is 5.27. The molecule has 0 unspecified atom stereocenters. The molecule has 0 aliphatic rings. The van der Waals surface area contributed by atoms with Crippen molar-refractivity contribution in [2.75, 3.05) is 17.2 Å². The van der Waals surface area contributed by atoms with Gasteiger partial charge in [-0.3, -0.25) is 4.79 Å². The van der Waals surface area contributed by atoms with Crippen LogP contribution in [0.25, 0.3) is 10.4 Å². The van der Waals surface area contributed by atoms with Gasteiger partial charge in [0.25, 0.3) is 0 Å². The Morgan fingerprint density at radius 3 is 2.54 bits per heavy atom. The number of aliphatic hydroxyl groups is 1. The van der Waals surface area contributed by atoms with Gasteiger partial charge in [0.1, 0.15) is 6.61 Å². The largest absolute Gasteiger partial charge is 0.387 e. The molecule has 0 saturated carbocycles. The molecule has 0 aliphatic heterocycles. The van der Waals surface area contributed by atoms with Crippen LogP contribution in [-0.2, 0) is 11.3 Å². The average molecular weight is 338 g/mol. The maximum atomic E-state index is 11.2. The number of thiophene rings is 1. The summed E-state index contributed by atoms with van der Waals surface area (Å²) in [4.78, 5) is 13.7. The van der Waals surface area contributed by atoms with Gasteiger partial charge in [0.2, 0.25) is 5.91 Å². The van der Waals surface area contributed by atoms with E-state index in [1.165, 1.54) is 15.3 Å². The van der Waals surface area contributed by atoms with E-state index < -0.39 is 12.5 Å². The predicted octanol–water partition coefficient (Wildman–Crippen LogP) is 3.96. The molecule has 122 valence electrons. The van der Waals surface area contributed by atoms with Crippen molar-refractivity contribution in [3.8, 4) is 10.4 Å². The molecular formula is C19H18N2O2S. The number of benzene rings is 2. The minimum Gasteiger partial charge on any atom is -0.387 e. The second kappa shape index (κ2) is 7.77. The number of hydrogen-bond donors (Lipinski definition) is 3. The van der Waals surface area contributed by atoms with Crippen molar-refractivity contribution in [2.45, 2.75) is 6.54 Å². The lowest BCUT2D eigenvalue weighted by molar-refractivity contribution is -0.118. The fourth-order valence-electron chi connectivity index (χ4n) is 2.33. The smallest absolute Gasteiger partial charge is 0.250 e. The van der Waals surface area contributed by atoms with Gasteiger partial charge in [-0.1, -0.05) is 36.4 Å². The van der Waals surface area contributed by atoms with Crippen LogP contribution in [0.2, 0.25) is 0 Å². The number of rotatable bonds is 6. The van der Waals surface area contributed by atoms with Crippen molar-refractivity contribution >= 4 is 28.6 Å². The molecule has 0 fully saturated rings. The summed E-state index contributed by atoms with van der Waals surface area (Å²) in [5.74, 6) is -0.419. The molecule has 24 heavy (non-hydrogen) atoms. The van der Waals surface area contributed by atoms with Gasteiger partial charge >= 0.3 is 0 Å². The number of anilines is 2. The van der Waals surface area contributed by atoms with Gasteiger partial charge in [0.05, 0.1) is 0 Å². The van der Waals surface area contributed by atoms with E-state index in [0.717, 1.165) is 12.2 Å². The molecule has 2 aromatic carbocycles. The minimum absolute atomic E-state index is 0.419. The summed E-state index contributed by atoms with van der Waals surface area (Å²) in [6, 6.07) is 22.0. The number of amides is 1. The number of aliphatic hydroxyl groups excluding tert-OH is 1. The van der Waals surface area contributed by atoms with E-state index in [1.54, 1.807) is 17.4 Å². The fourth-order valence-corrected chi connectivity index (χ4v) is 3.28. The quantitative estimate of drug-likeness (QED) is 0.637. The Balaban J connectivity index is 1.63. The van der Waals surface area contributed by atoms with Crippen LogP contribution in [0.1, 0.15) is 4.88 Å². The molecule has 0 bridgehead atoms. The SMILES string of the molecule is O=C(CO)Nc1cccc(NCc2ccc(-c3ccccc3)s2)c1. The Bertz CT molecular complexity index is 815. The Hall–Kier alpha value is -2.63. The lowest BCUT2D eigenvalue weighted by Crippen LogP contribution is -2.15. The normalized spacial score (nSPS) is 10.4. The van der Waals surface area contributed by atoms with Crippen molar-refractivity contribution in [3.05, 3.63) is 71.6 Å². The molecule has 0 saturated heterocycles. The summed E-state index contributed by atoms with van der Waals surface area (Å²) in [6.45, 7) is 0.198. The van der Waals surface area contributed by atoms with Crippen LogP contribution < -0.4 is 10.6 Å². The highest BCUT2D eigenvalue weighted by Crippen LogP contribution is 2.28. The van der Waals surface area contributed by atoms with Crippen molar-refractivity contribution in [1.82, 2.24) is 0 Å². The summed E-state index contributed by atoms with van der Waals surface area (Å²) in [5, 5.41) is 14.8. The molecule has 0 spiro atoms. The van der Waals surface area contributed by atoms with Gasteiger partial charge < -0.3 is 15.7 Å². The van der Waals surface area contributed by atoms with E-state index in [0.29, 0.717) is 5.69 Å². The van der Waals surface area contributed by atoms with Crippen LogP contribution in [0.15, 0.2) is 66.7 Å². The summed E-state index contributed by atoms with van der Waals surface area (Å²) in [6.07, 6.45) is 0. The van der Waals surface area contributed by atoms with Crippen LogP contribution >= 0.6 is 11.3 Å². The number of carbonyl (C=O) groups excluding carboxylic acids is 1. The van der Waals surface area contributed by atoms with Gasteiger partial charge in [-0.15, -0.1) is 11.3 Å². The highest BCUT2D eigenvalue weighted by Gasteiger charge is 2.04. The van der Waals surface area contributed by atoms with Gasteiger partial charge in [-0.2, -0.15) is 0 Å². The number of nitrogens with one attached hydrogen (secondary N) is 2. The lowest BCUT2D eigenvalue weighted by atomic mass is 10.2. The first-order valence-electron chi connectivity index (χ1n) is 7.63. The standard InChI is InChI=1S/C19H18N2O2S/c22-13-19(23)21-16-8-4-7-15(11-16)20-12-17-9-10-18(24-17)14-5-2-1-3-6-14/h1-11,20,22H,12-13H2,(H,21,23). The van der Waals surface area contributed by atoms with Crippen molar-refractivity contribution < 1.29 is 9.90 Å². The molecule has 3 N–H and O–H groups in total. The Morgan fingerprint density at radius 2 is 1.75 bits per heavy atom. The zero-order valence-corrected chi connectivity index (χ0v) is 13.8. The van der Waals surface area contributed by atoms with E-state index in [4.69, 9.17) is 5.11 Å². The zero-order valence-electron chi connectivity index (χ0n) is 13.0. The van der Waals surface area contributed by atoms with Crippen molar-refractivity contribution in [1.29, 1.82) is 0 Å². The molecule has 1 aromatic heterocycles. The molecule has 5 heteroatoms. The first-order chi connectivity index (χ1) is 11.7. The number of carbonyl (C=O) groups is 1. The maximum absolute atomic E-state index is 11.2. The molecule has 4 nitrogen and oxygen atoms in total. The first kappa shape index (κ1) is 16.2. The topological polar surface area (TPSA) is 61.4 Å². The molecule has 3 rings (SSSR count). The van der Waals surface area contributed by atoms with Crippen molar-refractivity contribution in [3.63, 3.8) is 0 Å². The summed E-state index contributed by atoms with van der Waals surface area (Å²) in [7, 11) is 0. The van der Waals surface area contributed by atoms with Gasteiger partial charge in [-0.25, -0.2) is 0 Å². The molecule has 0 aliphatic carbocycles. The number of hydrogen-bond acceptors (Lipinski definition) is 4. The highest BCUT2D eigenvalue weighted by molar-refractivity contribution is 7.15. The van der Waals surface area contributed by atoms with Crippen LogP contribution in [-0.4, -0.2) is 17.6 Å². The van der Waals surface area contributed by atoms with Gasteiger partial charge in [0, 0.05) is 27.7 Å². The monoisotopic (exact) mass is 338 g/mol. The van der Waals surface area contributed by atoms with Crippen molar-refractivity contribution in [2.24, 2.45) is 0 Å².